The molecule has 1 heterocycles. The van der Waals surface area contributed by atoms with Crippen LogP contribution in [0.5, 0.6) is 11.5 Å². The summed E-state index contributed by atoms with van der Waals surface area (Å²) < 4.78 is 10.8. The monoisotopic (exact) mass is 292 g/mol. The summed E-state index contributed by atoms with van der Waals surface area (Å²) in [6, 6.07) is 15.8. The Morgan fingerprint density at radius 1 is 1.05 bits per heavy atom. The van der Waals surface area contributed by atoms with Crippen LogP contribution >= 0.6 is 0 Å². The maximum Gasteiger partial charge on any atom is 0.145 e. The molecule has 22 heavy (non-hydrogen) atoms. The number of benzene rings is 2. The highest BCUT2D eigenvalue weighted by Gasteiger charge is 2.28. The predicted octanol–water partition coefficient (Wildman–Crippen LogP) is 3.52. The largest absolute Gasteiger partial charge is 0.496 e. The molecule has 2 aromatic rings. The fourth-order valence-electron chi connectivity index (χ4n) is 2.75. The van der Waals surface area contributed by atoms with E-state index in [4.69, 9.17) is 14.5 Å². The molecule has 0 aliphatic carbocycles. The van der Waals surface area contributed by atoms with Crippen LogP contribution in [0.4, 0.5) is 5.69 Å². The molecule has 0 saturated heterocycles. The highest BCUT2D eigenvalue weighted by Crippen LogP contribution is 2.42. The minimum absolute atomic E-state index is 0.295. The van der Waals surface area contributed by atoms with Crippen LogP contribution in [0.15, 0.2) is 47.5 Å². The van der Waals surface area contributed by atoms with Gasteiger partial charge < -0.3 is 9.47 Å². The second-order valence-corrected chi connectivity index (χ2v) is 5.05. The lowest BCUT2D eigenvalue weighted by atomic mass is 9.87. The van der Waals surface area contributed by atoms with Gasteiger partial charge in [-0.15, -0.1) is 0 Å². The smallest absolute Gasteiger partial charge is 0.145 e. The van der Waals surface area contributed by atoms with E-state index in [9.17, 15) is 5.26 Å². The van der Waals surface area contributed by atoms with Gasteiger partial charge in [0.1, 0.15) is 17.2 Å². The Balaban J connectivity index is 2.21. The predicted molar refractivity (Wildman–Crippen MR) is 85.0 cm³/mol. The van der Waals surface area contributed by atoms with Crippen LogP contribution in [0, 0.1) is 17.2 Å². The van der Waals surface area contributed by atoms with Crippen LogP contribution < -0.4 is 9.47 Å². The van der Waals surface area contributed by atoms with Crippen molar-refractivity contribution in [2.75, 3.05) is 14.2 Å². The molecule has 0 radical (unpaired) electrons. The summed E-state index contributed by atoms with van der Waals surface area (Å²) in [4.78, 5) is 4.74. The zero-order valence-corrected chi connectivity index (χ0v) is 12.5. The number of rotatable bonds is 3. The zero-order valence-electron chi connectivity index (χ0n) is 12.5. The molecule has 1 aliphatic rings. The summed E-state index contributed by atoms with van der Waals surface area (Å²) in [5, 5.41) is 9.54. The van der Waals surface area contributed by atoms with Gasteiger partial charge in [-0.05, 0) is 24.1 Å². The van der Waals surface area contributed by atoms with Gasteiger partial charge in [-0.25, -0.2) is 4.99 Å². The minimum Gasteiger partial charge on any atom is -0.496 e. The van der Waals surface area contributed by atoms with Crippen molar-refractivity contribution in [3.05, 3.63) is 53.6 Å². The summed E-state index contributed by atoms with van der Waals surface area (Å²) >= 11 is 0. The van der Waals surface area contributed by atoms with Crippen molar-refractivity contribution in [1.29, 1.82) is 5.26 Å². The van der Waals surface area contributed by atoms with Gasteiger partial charge in [0.25, 0.3) is 0 Å². The SMILES string of the molecule is COc1ccc(OC)c2c1CC(C#N)C(c1ccccc1)=N2. The lowest BCUT2D eigenvalue weighted by molar-refractivity contribution is 0.398. The molecule has 0 N–H and O–H groups in total. The van der Waals surface area contributed by atoms with E-state index in [-0.39, 0.29) is 5.92 Å². The minimum atomic E-state index is -0.295. The van der Waals surface area contributed by atoms with Crippen molar-refractivity contribution in [3.8, 4) is 17.6 Å². The van der Waals surface area contributed by atoms with Crippen molar-refractivity contribution in [3.63, 3.8) is 0 Å². The molecule has 1 atom stereocenters. The molecule has 2 aromatic carbocycles. The zero-order chi connectivity index (χ0) is 15.5. The second-order valence-electron chi connectivity index (χ2n) is 5.05. The van der Waals surface area contributed by atoms with E-state index in [0.29, 0.717) is 12.2 Å². The van der Waals surface area contributed by atoms with Gasteiger partial charge in [0.15, 0.2) is 0 Å². The van der Waals surface area contributed by atoms with Crippen LogP contribution in [-0.4, -0.2) is 19.9 Å². The Labute approximate surface area is 129 Å². The number of nitrogens with zero attached hydrogens (tertiary/aromatic N) is 2. The molecule has 4 nitrogen and oxygen atoms in total. The average Bonchev–Trinajstić information content (AvgIpc) is 2.60. The first-order valence-electron chi connectivity index (χ1n) is 7.06. The summed E-state index contributed by atoms with van der Waals surface area (Å²) in [5.74, 6) is 1.14. The van der Waals surface area contributed by atoms with Gasteiger partial charge in [-0.2, -0.15) is 5.26 Å². The van der Waals surface area contributed by atoms with Crippen LogP contribution in [0.3, 0.4) is 0 Å². The van der Waals surface area contributed by atoms with Crippen LogP contribution in [-0.2, 0) is 6.42 Å². The van der Waals surface area contributed by atoms with Crippen molar-refractivity contribution < 1.29 is 9.47 Å². The lowest BCUT2D eigenvalue weighted by Gasteiger charge is -2.23. The molecule has 0 saturated carbocycles. The third-order valence-corrected chi connectivity index (χ3v) is 3.84. The highest BCUT2D eigenvalue weighted by molar-refractivity contribution is 6.06. The van der Waals surface area contributed by atoms with E-state index < -0.39 is 0 Å². The molecule has 110 valence electrons. The first-order chi connectivity index (χ1) is 10.8. The van der Waals surface area contributed by atoms with Gasteiger partial charge >= 0.3 is 0 Å². The van der Waals surface area contributed by atoms with E-state index in [0.717, 1.165) is 28.3 Å². The first kappa shape index (κ1) is 14.2. The Kier molecular flexibility index (Phi) is 3.80. The van der Waals surface area contributed by atoms with E-state index in [1.54, 1.807) is 14.2 Å². The number of nitriles is 1. The molecule has 0 amide bonds. The number of aliphatic imine (C=N–C) groups is 1. The topological polar surface area (TPSA) is 54.6 Å². The Bertz CT molecular complexity index is 761. The molecule has 4 heteroatoms. The van der Waals surface area contributed by atoms with E-state index in [1.165, 1.54) is 0 Å². The van der Waals surface area contributed by atoms with E-state index in [2.05, 4.69) is 6.07 Å². The molecular weight excluding hydrogens is 276 g/mol. The van der Waals surface area contributed by atoms with Gasteiger partial charge in [0.2, 0.25) is 0 Å². The Morgan fingerprint density at radius 3 is 2.36 bits per heavy atom. The number of methoxy groups -OCH3 is 2. The molecule has 1 aliphatic heterocycles. The number of fused-ring (bicyclic) bond motifs is 1. The van der Waals surface area contributed by atoms with E-state index >= 15 is 0 Å². The molecule has 1 unspecified atom stereocenters. The third-order valence-electron chi connectivity index (χ3n) is 3.84. The lowest BCUT2D eigenvalue weighted by Crippen LogP contribution is -2.21. The van der Waals surface area contributed by atoms with Gasteiger partial charge in [0, 0.05) is 5.56 Å². The molecule has 0 aromatic heterocycles. The second kappa shape index (κ2) is 5.90. The van der Waals surface area contributed by atoms with E-state index in [1.807, 2.05) is 42.5 Å². The number of ether oxygens (including phenoxy) is 2. The summed E-state index contributed by atoms with van der Waals surface area (Å²) in [6.45, 7) is 0. The normalized spacial score (nSPS) is 16.2. The van der Waals surface area contributed by atoms with Crippen LogP contribution in [0.2, 0.25) is 0 Å². The summed E-state index contributed by atoms with van der Waals surface area (Å²) in [7, 11) is 3.25. The van der Waals surface area contributed by atoms with Crippen LogP contribution in [0.1, 0.15) is 11.1 Å². The summed E-state index contributed by atoms with van der Waals surface area (Å²) in [6.07, 6.45) is 0.569. The Morgan fingerprint density at radius 2 is 1.73 bits per heavy atom. The number of hydrogen-bond donors (Lipinski definition) is 0. The maximum atomic E-state index is 9.54. The fraction of sp³-hybridized carbons (Fsp3) is 0.222. The molecule has 0 bridgehead atoms. The first-order valence-corrected chi connectivity index (χ1v) is 7.06. The summed E-state index contributed by atoms with van der Waals surface area (Å²) in [5.41, 5.74) is 3.42. The molecule has 0 fully saturated rings. The van der Waals surface area contributed by atoms with Crippen molar-refractivity contribution >= 4 is 11.4 Å². The van der Waals surface area contributed by atoms with Crippen molar-refractivity contribution in [2.45, 2.75) is 6.42 Å². The quantitative estimate of drug-likeness (QED) is 0.869. The van der Waals surface area contributed by atoms with Crippen LogP contribution in [0.25, 0.3) is 0 Å². The standard InChI is InChI=1S/C18H16N2O2/c1-21-15-8-9-16(22-2)18-14(15)10-13(11-19)17(20-18)12-6-4-3-5-7-12/h3-9,13H,10H2,1-2H3. The maximum absolute atomic E-state index is 9.54. The molecule has 3 rings (SSSR count). The highest BCUT2D eigenvalue weighted by atomic mass is 16.5. The van der Waals surface area contributed by atoms with Gasteiger partial charge in [-0.1, -0.05) is 30.3 Å². The average molecular weight is 292 g/mol. The molecular formula is C18H16N2O2. The fourth-order valence-corrected chi connectivity index (χ4v) is 2.75. The molecule has 0 spiro atoms. The van der Waals surface area contributed by atoms with Gasteiger partial charge in [-0.3, -0.25) is 0 Å². The van der Waals surface area contributed by atoms with Gasteiger partial charge in [0.05, 0.1) is 31.9 Å². The van der Waals surface area contributed by atoms with Crippen molar-refractivity contribution in [2.24, 2.45) is 10.9 Å². The number of hydrogen-bond acceptors (Lipinski definition) is 4. The third kappa shape index (κ3) is 2.31. The van der Waals surface area contributed by atoms with Crippen molar-refractivity contribution in [1.82, 2.24) is 0 Å². The Hall–Kier alpha value is -2.80.